The van der Waals surface area contributed by atoms with Crippen LogP contribution >= 0.6 is 0 Å². The Balaban J connectivity index is 2.02. The summed E-state index contributed by atoms with van der Waals surface area (Å²) in [6, 6.07) is 10.2. The molecule has 1 heterocycles. The van der Waals surface area contributed by atoms with E-state index in [0.717, 1.165) is 5.56 Å². The van der Waals surface area contributed by atoms with E-state index >= 15 is 0 Å². The van der Waals surface area contributed by atoms with Crippen LogP contribution in [0.3, 0.4) is 0 Å². The van der Waals surface area contributed by atoms with Crippen LogP contribution in [-0.2, 0) is 16.0 Å². The smallest absolute Gasteiger partial charge is 0.227 e. The van der Waals surface area contributed by atoms with Gasteiger partial charge in [0.15, 0.2) is 0 Å². The zero-order chi connectivity index (χ0) is 13.7. The first kappa shape index (κ1) is 14.0. The second-order valence-electron chi connectivity index (χ2n) is 5.08. The molecule has 0 bridgehead atoms. The molecule has 0 spiro atoms. The third kappa shape index (κ3) is 3.55. The number of hydrogen-bond donors (Lipinski definition) is 1. The number of nitrogens with two attached hydrogens (primary N) is 1. The van der Waals surface area contributed by atoms with Crippen molar-refractivity contribution in [2.24, 2.45) is 11.7 Å². The standard InChI is InChI=1S/C15H22N2O2/c1-12-11-19-8-7-17(12)15(18)14(10-16)9-13-5-3-2-4-6-13/h2-6,12,14H,7-11,16H2,1H3. The van der Waals surface area contributed by atoms with Crippen LogP contribution in [-0.4, -0.2) is 43.2 Å². The lowest BCUT2D eigenvalue weighted by molar-refractivity contribution is -0.143. The summed E-state index contributed by atoms with van der Waals surface area (Å²) in [7, 11) is 0. The summed E-state index contributed by atoms with van der Waals surface area (Å²) in [6.07, 6.45) is 0.709. The number of morpholine rings is 1. The van der Waals surface area contributed by atoms with Gasteiger partial charge in [-0.3, -0.25) is 4.79 Å². The van der Waals surface area contributed by atoms with Crippen LogP contribution in [0.15, 0.2) is 30.3 Å². The molecule has 1 aliphatic rings. The van der Waals surface area contributed by atoms with Crippen LogP contribution < -0.4 is 5.73 Å². The molecule has 104 valence electrons. The van der Waals surface area contributed by atoms with E-state index in [0.29, 0.717) is 32.7 Å². The van der Waals surface area contributed by atoms with Gasteiger partial charge < -0.3 is 15.4 Å². The minimum Gasteiger partial charge on any atom is -0.377 e. The molecule has 0 radical (unpaired) electrons. The van der Waals surface area contributed by atoms with Crippen LogP contribution in [0.4, 0.5) is 0 Å². The minimum atomic E-state index is -0.136. The van der Waals surface area contributed by atoms with E-state index < -0.39 is 0 Å². The fourth-order valence-corrected chi connectivity index (χ4v) is 2.46. The molecule has 0 aliphatic carbocycles. The van der Waals surface area contributed by atoms with Gasteiger partial charge in [0, 0.05) is 13.1 Å². The van der Waals surface area contributed by atoms with Crippen molar-refractivity contribution in [1.29, 1.82) is 0 Å². The average Bonchev–Trinajstić information content (AvgIpc) is 2.46. The highest BCUT2D eigenvalue weighted by Gasteiger charge is 2.28. The molecule has 2 N–H and O–H groups in total. The van der Waals surface area contributed by atoms with Crippen molar-refractivity contribution >= 4 is 5.91 Å². The summed E-state index contributed by atoms with van der Waals surface area (Å²) in [5.41, 5.74) is 6.95. The summed E-state index contributed by atoms with van der Waals surface area (Å²) in [6.45, 7) is 4.32. The first-order chi connectivity index (χ1) is 9.22. The number of ether oxygens (including phenoxy) is 1. The Hall–Kier alpha value is -1.39. The van der Waals surface area contributed by atoms with Gasteiger partial charge in [0.05, 0.1) is 25.2 Å². The van der Waals surface area contributed by atoms with E-state index in [2.05, 4.69) is 0 Å². The SMILES string of the molecule is CC1COCCN1C(=O)C(CN)Cc1ccccc1. The van der Waals surface area contributed by atoms with Crippen molar-refractivity contribution in [2.75, 3.05) is 26.3 Å². The molecule has 4 heteroatoms. The molecule has 1 fully saturated rings. The molecule has 1 aliphatic heterocycles. The topological polar surface area (TPSA) is 55.6 Å². The number of amides is 1. The van der Waals surface area contributed by atoms with Gasteiger partial charge in [-0.05, 0) is 18.9 Å². The van der Waals surface area contributed by atoms with Crippen LogP contribution in [0, 0.1) is 5.92 Å². The summed E-state index contributed by atoms with van der Waals surface area (Å²) in [5.74, 6) is 0.0186. The first-order valence-corrected chi connectivity index (χ1v) is 6.84. The fourth-order valence-electron chi connectivity index (χ4n) is 2.46. The van der Waals surface area contributed by atoms with E-state index in [1.54, 1.807) is 0 Å². The van der Waals surface area contributed by atoms with Gasteiger partial charge in [0.2, 0.25) is 5.91 Å². The fraction of sp³-hybridized carbons (Fsp3) is 0.533. The van der Waals surface area contributed by atoms with Gasteiger partial charge in [0.25, 0.3) is 0 Å². The van der Waals surface area contributed by atoms with Gasteiger partial charge in [-0.2, -0.15) is 0 Å². The van der Waals surface area contributed by atoms with Gasteiger partial charge in [-0.25, -0.2) is 0 Å². The highest BCUT2D eigenvalue weighted by atomic mass is 16.5. The number of carbonyl (C=O) groups is 1. The maximum Gasteiger partial charge on any atom is 0.227 e. The highest BCUT2D eigenvalue weighted by molar-refractivity contribution is 5.79. The number of rotatable bonds is 4. The van der Waals surface area contributed by atoms with E-state index in [1.165, 1.54) is 0 Å². The molecule has 4 nitrogen and oxygen atoms in total. The van der Waals surface area contributed by atoms with Crippen molar-refractivity contribution in [3.63, 3.8) is 0 Å². The van der Waals surface area contributed by atoms with Crippen LogP contribution in [0.25, 0.3) is 0 Å². The zero-order valence-electron chi connectivity index (χ0n) is 11.4. The van der Waals surface area contributed by atoms with Crippen molar-refractivity contribution in [1.82, 2.24) is 4.90 Å². The number of benzene rings is 1. The Kier molecular flexibility index (Phi) is 4.93. The molecular weight excluding hydrogens is 240 g/mol. The number of nitrogens with zero attached hydrogens (tertiary/aromatic N) is 1. The lowest BCUT2D eigenvalue weighted by Gasteiger charge is -2.35. The highest BCUT2D eigenvalue weighted by Crippen LogP contribution is 2.15. The molecule has 0 saturated carbocycles. The molecule has 2 rings (SSSR count). The zero-order valence-corrected chi connectivity index (χ0v) is 11.4. The van der Waals surface area contributed by atoms with Gasteiger partial charge in [0.1, 0.15) is 0 Å². The Bertz CT molecular complexity index is 408. The van der Waals surface area contributed by atoms with Gasteiger partial charge >= 0.3 is 0 Å². The van der Waals surface area contributed by atoms with Crippen molar-refractivity contribution in [3.8, 4) is 0 Å². The Morgan fingerprint density at radius 3 is 2.84 bits per heavy atom. The minimum absolute atomic E-state index is 0.136. The van der Waals surface area contributed by atoms with E-state index in [9.17, 15) is 4.79 Å². The second kappa shape index (κ2) is 6.68. The Morgan fingerprint density at radius 1 is 1.47 bits per heavy atom. The summed E-state index contributed by atoms with van der Waals surface area (Å²) in [4.78, 5) is 14.4. The van der Waals surface area contributed by atoms with Crippen molar-refractivity contribution in [2.45, 2.75) is 19.4 Å². The predicted octanol–water partition coefficient (Wildman–Crippen LogP) is 1.05. The molecule has 1 amide bonds. The monoisotopic (exact) mass is 262 g/mol. The van der Waals surface area contributed by atoms with Crippen LogP contribution in [0.1, 0.15) is 12.5 Å². The molecule has 19 heavy (non-hydrogen) atoms. The normalized spacial score (nSPS) is 21.2. The maximum absolute atomic E-state index is 12.5. The molecule has 2 atom stereocenters. The number of hydrogen-bond acceptors (Lipinski definition) is 3. The number of carbonyl (C=O) groups excluding carboxylic acids is 1. The van der Waals surface area contributed by atoms with E-state index in [4.69, 9.17) is 10.5 Å². The molecule has 1 aromatic carbocycles. The molecule has 1 aromatic rings. The summed E-state index contributed by atoms with van der Waals surface area (Å²) < 4.78 is 5.37. The lowest BCUT2D eigenvalue weighted by atomic mass is 9.97. The molecule has 1 saturated heterocycles. The van der Waals surface area contributed by atoms with Gasteiger partial charge in [-0.15, -0.1) is 0 Å². The predicted molar refractivity (Wildman–Crippen MR) is 74.7 cm³/mol. The Labute approximate surface area is 114 Å². The Morgan fingerprint density at radius 2 is 2.21 bits per heavy atom. The van der Waals surface area contributed by atoms with Crippen molar-refractivity contribution < 1.29 is 9.53 Å². The third-order valence-electron chi connectivity index (χ3n) is 3.61. The largest absolute Gasteiger partial charge is 0.377 e. The summed E-state index contributed by atoms with van der Waals surface area (Å²) in [5, 5.41) is 0. The first-order valence-electron chi connectivity index (χ1n) is 6.84. The second-order valence-corrected chi connectivity index (χ2v) is 5.08. The van der Waals surface area contributed by atoms with Gasteiger partial charge in [-0.1, -0.05) is 30.3 Å². The van der Waals surface area contributed by atoms with E-state index in [-0.39, 0.29) is 17.9 Å². The molecular formula is C15H22N2O2. The van der Waals surface area contributed by atoms with Crippen molar-refractivity contribution in [3.05, 3.63) is 35.9 Å². The van der Waals surface area contributed by atoms with Crippen LogP contribution in [0.2, 0.25) is 0 Å². The lowest BCUT2D eigenvalue weighted by Crippen LogP contribution is -2.50. The maximum atomic E-state index is 12.5. The molecule has 2 unspecified atom stereocenters. The quantitative estimate of drug-likeness (QED) is 0.882. The third-order valence-corrected chi connectivity index (χ3v) is 3.61. The van der Waals surface area contributed by atoms with Crippen LogP contribution in [0.5, 0.6) is 0 Å². The average molecular weight is 262 g/mol. The molecule has 0 aromatic heterocycles. The summed E-state index contributed by atoms with van der Waals surface area (Å²) >= 11 is 0. The van der Waals surface area contributed by atoms with E-state index in [1.807, 2.05) is 42.2 Å².